The number of para-hydroxylation sites is 1. The second-order valence-electron chi connectivity index (χ2n) is 5.81. The zero-order valence-corrected chi connectivity index (χ0v) is 15.1. The minimum atomic E-state index is 0.661. The van der Waals surface area contributed by atoms with E-state index in [9.17, 15) is 0 Å². The lowest BCUT2D eigenvalue weighted by Crippen LogP contribution is -2.18. The van der Waals surface area contributed by atoms with Crippen LogP contribution >= 0.6 is 0 Å². The quantitative estimate of drug-likeness (QED) is 0.621. The number of aryl methyl sites for hydroxylation is 2. The molecule has 0 unspecified atom stereocenters. The number of hydrogen-bond acceptors (Lipinski definition) is 2. The third-order valence-electron chi connectivity index (χ3n) is 4.05. The largest absolute Gasteiger partial charge is 0.439 e. The van der Waals surface area contributed by atoms with Gasteiger partial charge in [0, 0.05) is 11.8 Å². The van der Waals surface area contributed by atoms with Gasteiger partial charge in [-0.1, -0.05) is 53.7 Å². The van der Waals surface area contributed by atoms with Gasteiger partial charge in [0.25, 0.3) is 0 Å². The molecule has 0 amide bonds. The van der Waals surface area contributed by atoms with Crippen LogP contribution in [0, 0.1) is 13.8 Å². The summed E-state index contributed by atoms with van der Waals surface area (Å²) in [5, 5.41) is 1.46. The Morgan fingerprint density at radius 3 is 2.50 bits per heavy atom. The Balaban J connectivity index is 1.60. The van der Waals surface area contributed by atoms with Crippen LogP contribution in [0.3, 0.4) is 0 Å². The fraction of sp³-hybridized carbons (Fsp3) is 0.190. The number of hydrogen-bond donors (Lipinski definition) is 0. The fourth-order valence-electron chi connectivity index (χ4n) is 2.53. The zero-order chi connectivity index (χ0) is 16.8. The summed E-state index contributed by atoms with van der Waals surface area (Å²) in [7, 11) is 0.815. The molecule has 0 aliphatic carbocycles. The summed E-state index contributed by atoms with van der Waals surface area (Å²) in [6.45, 7) is 4.39. The standard InChI is InChI=1S/C21H21NOSi/c1-16-8-6-12-20(17(16)2)24-15-14-18-9-7-13-21(22-18)23-19-10-4-3-5-11-19/h3-13H,14-15H2,1-2H3. The Kier molecular flexibility index (Phi) is 5.44. The molecular weight excluding hydrogens is 310 g/mol. The van der Waals surface area contributed by atoms with Crippen molar-refractivity contribution < 1.29 is 4.74 Å². The molecule has 0 saturated carbocycles. The van der Waals surface area contributed by atoms with Crippen molar-refractivity contribution in [2.45, 2.75) is 26.3 Å². The van der Waals surface area contributed by atoms with Crippen LogP contribution in [0.1, 0.15) is 16.8 Å². The van der Waals surface area contributed by atoms with Crippen molar-refractivity contribution in [3.8, 4) is 11.6 Å². The first kappa shape index (κ1) is 16.5. The van der Waals surface area contributed by atoms with E-state index in [1.54, 1.807) is 0 Å². The van der Waals surface area contributed by atoms with E-state index in [0.717, 1.165) is 33.4 Å². The minimum absolute atomic E-state index is 0.661. The molecular formula is C21H21NOSi. The molecule has 3 heteroatoms. The third kappa shape index (κ3) is 4.33. The van der Waals surface area contributed by atoms with Gasteiger partial charge in [-0.3, -0.25) is 0 Å². The van der Waals surface area contributed by atoms with Crippen molar-refractivity contribution in [2.24, 2.45) is 0 Å². The van der Waals surface area contributed by atoms with Crippen molar-refractivity contribution in [3.63, 3.8) is 0 Å². The highest BCUT2D eigenvalue weighted by molar-refractivity contribution is 6.54. The Morgan fingerprint density at radius 2 is 1.67 bits per heavy atom. The lowest BCUT2D eigenvalue weighted by Gasteiger charge is -2.08. The first-order chi connectivity index (χ1) is 11.7. The molecule has 0 atom stereocenters. The molecule has 3 aromatic rings. The van der Waals surface area contributed by atoms with Crippen molar-refractivity contribution in [2.75, 3.05) is 0 Å². The molecule has 2 radical (unpaired) electrons. The van der Waals surface area contributed by atoms with Crippen LogP contribution in [-0.2, 0) is 6.42 Å². The zero-order valence-electron chi connectivity index (χ0n) is 14.1. The predicted molar refractivity (Wildman–Crippen MR) is 101 cm³/mol. The highest BCUT2D eigenvalue weighted by atomic mass is 28.2. The molecule has 120 valence electrons. The third-order valence-corrected chi connectivity index (χ3v) is 5.47. The average Bonchev–Trinajstić information content (AvgIpc) is 2.60. The van der Waals surface area contributed by atoms with Gasteiger partial charge in [0.2, 0.25) is 5.88 Å². The second kappa shape index (κ2) is 7.93. The average molecular weight is 331 g/mol. The summed E-state index contributed by atoms with van der Waals surface area (Å²) < 4.78 is 5.81. The normalized spacial score (nSPS) is 10.6. The molecule has 0 bridgehead atoms. The summed E-state index contributed by atoms with van der Waals surface area (Å²) >= 11 is 0. The van der Waals surface area contributed by atoms with Crippen LogP contribution in [0.25, 0.3) is 0 Å². The second-order valence-corrected chi connectivity index (χ2v) is 7.20. The van der Waals surface area contributed by atoms with Gasteiger partial charge >= 0.3 is 0 Å². The van der Waals surface area contributed by atoms with Crippen LogP contribution < -0.4 is 9.92 Å². The van der Waals surface area contributed by atoms with Crippen molar-refractivity contribution >= 4 is 14.7 Å². The van der Waals surface area contributed by atoms with E-state index in [1.807, 2.05) is 42.5 Å². The maximum absolute atomic E-state index is 5.81. The van der Waals surface area contributed by atoms with E-state index in [4.69, 9.17) is 4.74 Å². The van der Waals surface area contributed by atoms with Crippen molar-refractivity contribution in [1.29, 1.82) is 0 Å². The Labute approximate surface area is 146 Å². The molecule has 0 fully saturated rings. The molecule has 1 aromatic heterocycles. The van der Waals surface area contributed by atoms with Gasteiger partial charge in [-0.05, 0) is 49.6 Å². The van der Waals surface area contributed by atoms with E-state index in [0.29, 0.717) is 5.88 Å². The topological polar surface area (TPSA) is 22.1 Å². The van der Waals surface area contributed by atoms with Gasteiger partial charge in [0.15, 0.2) is 0 Å². The van der Waals surface area contributed by atoms with Gasteiger partial charge in [0.1, 0.15) is 5.75 Å². The molecule has 0 saturated heterocycles. The van der Waals surface area contributed by atoms with Crippen LogP contribution in [0.5, 0.6) is 11.6 Å². The Bertz CT molecular complexity index is 802. The summed E-state index contributed by atoms with van der Waals surface area (Å²) in [4.78, 5) is 4.62. The smallest absolute Gasteiger partial charge is 0.219 e. The van der Waals surface area contributed by atoms with E-state index in [1.165, 1.54) is 16.3 Å². The summed E-state index contributed by atoms with van der Waals surface area (Å²) in [6.07, 6.45) is 0.970. The first-order valence-corrected chi connectivity index (χ1v) is 9.42. The molecule has 1 heterocycles. The molecule has 0 spiro atoms. The lowest BCUT2D eigenvalue weighted by atomic mass is 10.1. The SMILES string of the molecule is Cc1cccc([Si]CCc2cccc(Oc3ccccc3)n2)c1C. The van der Waals surface area contributed by atoms with Gasteiger partial charge in [-0.2, -0.15) is 0 Å². The molecule has 0 aliphatic rings. The molecule has 3 rings (SSSR count). The Morgan fingerprint density at radius 1 is 0.875 bits per heavy atom. The maximum atomic E-state index is 5.81. The monoisotopic (exact) mass is 331 g/mol. The Hall–Kier alpha value is -2.39. The molecule has 0 N–H and O–H groups in total. The number of nitrogens with zero attached hydrogens (tertiary/aromatic N) is 1. The van der Waals surface area contributed by atoms with Crippen molar-refractivity contribution in [1.82, 2.24) is 4.98 Å². The first-order valence-electron chi connectivity index (χ1n) is 8.21. The van der Waals surface area contributed by atoms with E-state index < -0.39 is 0 Å². The van der Waals surface area contributed by atoms with Crippen LogP contribution in [0.4, 0.5) is 0 Å². The fourth-order valence-corrected chi connectivity index (χ4v) is 3.86. The maximum Gasteiger partial charge on any atom is 0.219 e. The van der Waals surface area contributed by atoms with Crippen LogP contribution in [0.15, 0.2) is 66.7 Å². The van der Waals surface area contributed by atoms with Crippen molar-refractivity contribution in [3.05, 3.63) is 83.6 Å². The number of ether oxygens (including phenoxy) is 1. The molecule has 2 nitrogen and oxygen atoms in total. The molecule has 2 aromatic carbocycles. The number of pyridine rings is 1. The summed E-state index contributed by atoms with van der Waals surface area (Å²) in [5.74, 6) is 1.48. The summed E-state index contributed by atoms with van der Waals surface area (Å²) in [6, 6.07) is 23.5. The molecule has 0 aliphatic heterocycles. The van der Waals surface area contributed by atoms with E-state index in [2.05, 4.69) is 43.1 Å². The van der Waals surface area contributed by atoms with Gasteiger partial charge < -0.3 is 4.74 Å². The van der Waals surface area contributed by atoms with Crippen LogP contribution in [0.2, 0.25) is 6.04 Å². The number of rotatable bonds is 6. The number of benzene rings is 2. The predicted octanol–water partition coefficient (Wildman–Crippen LogP) is 4.48. The molecule has 24 heavy (non-hydrogen) atoms. The van der Waals surface area contributed by atoms with E-state index >= 15 is 0 Å². The minimum Gasteiger partial charge on any atom is -0.439 e. The van der Waals surface area contributed by atoms with E-state index in [-0.39, 0.29) is 0 Å². The number of aromatic nitrogens is 1. The van der Waals surface area contributed by atoms with Gasteiger partial charge in [-0.25, -0.2) is 4.98 Å². The lowest BCUT2D eigenvalue weighted by molar-refractivity contribution is 0.461. The highest BCUT2D eigenvalue weighted by Crippen LogP contribution is 2.19. The van der Waals surface area contributed by atoms with Crippen LogP contribution in [-0.4, -0.2) is 14.5 Å². The van der Waals surface area contributed by atoms with Gasteiger partial charge in [0.05, 0.1) is 9.52 Å². The van der Waals surface area contributed by atoms with Gasteiger partial charge in [-0.15, -0.1) is 0 Å². The highest BCUT2D eigenvalue weighted by Gasteiger charge is 2.04. The summed E-state index contributed by atoms with van der Waals surface area (Å²) in [5.41, 5.74) is 3.88.